The molecule has 0 unspecified atom stereocenters. The normalized spacial score (nSPS) is 10.8. The van der Waals surface area contributed by atoms with Crippen LogP contribution in [0.2, 0.25) is 0 Å². The van der Waals surface area contributed by atoms with Crippen LogP contribution in [-0.4, -0.2) is 27.3 Å². The Labute approximate surface area is 144 Å². The first-order valence-electron chi connectivity index (χ1n) is 7.85. The van der Waals surface area contributed by atoms with Crippen LogP contribution in [0.3, 0.4) is 0 Å². The van der Waals surface area contributed by atoms with Gasteiger partial charge in [-0.1, -0.05) is 30.3 Å². The van der Waals surface area contributed by atoms with Crippen molar-refractivity contribution < 1.29 is 9.47 Å². The average Bonchev–Trinajstić information content (AvgIpc) is 3.11. The highest BCUT2D eigenvalue weighted by atomic mass is 16.5. The third kappa shape index (κ3) is 3.14. The van der Waals surface area contributed by atoms with Crippen molar-refractivity contribution >= 4 is 11.0 Å². The van der Waals surface area contributed by atoms with Gasteiger partial charge < -0.3 is 14.5 Å². The lowest BCUT2D eigenvalue weighted by atomic mass is 10.2. The summed E-state index contributed by atoms with van der Waals surface area (Å²) in [6.45, 7) is 0.505. The Morgan fingerprint density at radius 1 is 1.00 bits per heavy atom. The monoisotopic (exact) mass is 332 g/mol. The van der Waals surface area contributed by atoms with Gasteiger partial charge in [0.25, 0.3) is 0 Å². The minimum atomic E-state index is 0.505. The predicted molar refractivity (Wildman–Crippen MR) is 94.4 cm³/mol. The fourth-order valence-corrected chi connectivity index (χ4v) is 2.60. The Kier molecular flexibility index (Phi) is 4.00. The van der Waals surface area contributed by atoms with Gasteiger partial charge in [0, 0.05) is 6.07 Å². The zero-order valence-electron chi connectivity index (χ0n) is 13.6. The van der Waals surface area contributed by atoms with Gasteiger partial charge in [0.15, 0.2) is 0 Å². The smallest absolute Gasteiger partial charge is 0.142 e. The topological polar surface area (TPSA) is 72.9 Å². The summed E-state index contributed by atoms with van der Waals surface area (Å²) in [7, 11) is 1.63. The second-order valence-electron chi connectivity index (χ2n) is 5.51. The number of methoxy groups -OCH3 is 1. The van der Waals surface area contributed by atoms with Crippen LogP contribution in [-0.2, 0) is 6.61 Å². The molecule has 25 heavy (non-hydrogen) atoms. The van der Waals surface area contributed by atoms with Gasteiger partial charge >= 0.3 is 0 Å². The third-order valence-corrected chi connectivity index (χ3v) is 3.87. The largest absolute Gasteiger partial charge is 0.496 e. The molecule has 0 aliphatic rings. The van der Waals surface area contributed by atoms with E-state index < -0.39 is 0 Å². The van der Waals surface area contributed by atoms with E-state index in [2.05, 4.69) is 20.2 Å². The van der Waals surface area contributed by atoms with Crippen LogP contribution in [0.15, 0.2) is 60.9 Å². The van der Waals surface area contributed by atoms with Gasteiger partial charge in [-0.3, -0.25) is 0 Å². The molecule has 2 aromatic heterocycles. The maximum absolute atomic E-state index is 5.85. The van der Waals surface area contributed by atoms with E-state index in [1.54, 1.807) is 19.5 Å². The van der Waals surface area contributed by atoms with Crippen LogP contribution in [0.4, 0.5) is 0 Å². The molecule has 0 spiro atoms. The van der Waals surface area contributed by atoms with Gasteiger partial charge in [0.2, 0.25) is 0 Å². The van der Waals surface area contributed by atoms with E-state index in [9.17, 15) is 0 Å². The number of aromatic amines is 1. The van der Waals surface area contributed by atoms with Crippen molar-refractivity contribution in [2.45, 2.75) is 6.61 Å². The van der Waals surface area contributed by atoms with E-state index in [-0.39, 0.29) is 0 Å². The van der Waals surface area contributed by atoms with E-state index in [4.69, 9.17) is 9.47 Å². The molecule has 6 nitrogen and oxygen atoms in total. The molecule has 0 radical (unpaired) electrons. The van der Waals surface area contributed by atoms with Crippen LogP contribution < -0.4 is 9.47 Å². The number of nitrogens with one attached hydrogen (secondary N) is 1. The van der Waals surface area contributed by atoms with Crippen LogP contribution in [0.5, 0.6) is 11.5 Å². The number of H-pyrrole nitrogens is 1. The molecule has 0 fully saturated rings. The molecule has 2 aromatic carbocycles. The summed E-state index contributed by atoms with van der Waals surface area (Å²) >= 11 is 0. The molecule has 124 valence electrons. The molecule has 0 atom stereocenters. The second-order valence-corrected chi connectivity index (χ2v) is 5.51. The molecule has 0 saturated carbocycles. The van der Waals surface area contributed by atoms with E-state index >= 15 is 0 Å². The Morgan fingerprint density at radius 2 is 1.84 bits per heavy atom. The highest BCUT2D eigenvalue weighted by molar-refractivity contribution is 5.79. The molecule has 0 amide bonds. The number of imidazole rings is 1. The zero-order valence-corrected chi connectivity index (χ0v) is 13.6. The fraction of sp³-hybridized carbons (Fsp3) is 0.105. The van der Waals surface area contributed by atoms with Crippen molar-refractivity contribution in [3.8, 4) is 22.9 Å². The Morgan fingerprint density at radius 3 is 2.64 bits per heavy atom. The van der Waals surface area contributed by atoms with Gasteiger partial charge in [-0.2, -0.15) is 10.2 Å². The minimum absolute atomic E-state index is 0.505. The molecule has 1 N–H and O–H groups in total. The summed E-state index contributed by atoms with van der Waals surface area (Å²) in [6, 6.07) is 15.7. The first-order chi connectivity index (χ1) is 12.3. The summed E-state index contributed by atoms with van der Waals surface area (Å²) in [5.74, 6) is 2.13. The zero-order chi connectivity index (χ0) is 17.1. The molecule has 0 aliphatic heterocycles. The summed E-state index contributed by atoms with van der Waals surface area (Å²) in [6.07, 6.45) is 3.27. The van der Waals surface area contributed by atoms with Crippen molar-refractivity contribution in [3.63, 3.8) is 0 Å². The lowest BCUT2D eigenvalue weighted by Crippen LogP contribution is -1.96. The lowest BCUT2D eigenvalue weighted by Gasteiger charge is -2.10. The summed E-state index contributed by atoms with van der Waals surface area (Å²) < 4.78 is 11.4. The first-order valence-corrected chi connectivity index (χ1v) is 7.85. The van der Waals surface area contributed by atoms with Gasteiger partial charge in [-0.25, -0.2) is 4.98 Å². The molecule has 6 heteroatoms. The summed E-state index contributed by atoms with van der Waals surface area (Å²) in [5, 5.41) is 7.70. The van der Waals surface area contributed by atoms with E-state index in [0.717, 1.165) is 27.9 Å². The third-order valence-electron chi connectivity index (χ3n) is 3.87. The van der Waals surface area contributed by atoms with E-state index in [1.165, 1.54) is 0 Å². The Bertz CT molecular complexity index is 966. The highest BCUT2D eigenvalue weighted by Gasteiger charge is 2.12. The maximum Gasteiger partial charge on any atom is 0.142 e. The van der Waals surface area contributed by atoms with Crippen LogP contribution in [0.1, 0.15) is 5.56 Å². The lowest BCUT2D eigenvalue weighted by molar-refractivity contribution is 0.304. The van der Waals surface area contributed by atoms with Crippen LogP contribution >= 0.6 is 0 Å². The number of aromatic nitrogens is 4. The standard InChI is InChI=1S/C19H16N4O2/c1-24-18-9-14(25-12-13-5-3-2-4-6-13)7-8-15(18)19-22-16-10-20-21-11-17(16)23-19/h2-11H,12H2,1H3,(H,22,23). The SMILES string of the molecule is COc1cc(OCc2ccccc2)ccc1-c1nc2cnncc2[nH]1. The fourth-order valence-electron chi connectivity index (χ4n) is 2.60. The van der Waals surface area contributed by atoms with Crippen molar-refractivity contribution in [2.24, 2.45) is 0 Å². The molecule has 0 aliphatic carbocycles. The molecule has 0 bridgehead atoms. The van der Waals surface area contributed by atoms with E-state index in [0.29, 0.717) is 18.2 Å². The second kappa shape index (κ2) is 6.60. The molecular weight excluding hydrogens is 316 g/mol. The van der Waals surface area contributed by atoms with Gasteiger partial charge in [0.1, 0.15) is 29.4 Å². The highest BCUT2D eigenvalue weighted by Crippen LogP contribution is 2.32. The van der Waals surface area contributed by atoms with Crippen molar-refractivity contribution in [2.75, 3.05) is 7.11 Å². The van der Waals surface area contributed by atoms with Crippen molar-refractivity contribution in [3.05, 3.63) is 66.5 Å². The quantitative estimate of drug-likeness (QED) is 0.604. The molecule has 4 aromatic rings. The minimum Gasteiger partial charge on any atom is -0.496 e. The van der Waals surface area contributed by atoms with E-state index in [1.807, 2.05) is 48.5 Å². The van der Waals surface area contributed by atoms with Gasteiger partial charge in [0.05, 0.1) is 30.6 Å². The van der Waals surface area contributed by atoms with Crippen LogP contribution in [0.25, 0.3) is 22.4 Å². The number of benzene rings is 2. The maximum atomic E-state index is 5.85. The average molecular weight is 332 g/mol. The Balaban J connectivity index is 1.61. The van der Waals surface area contributed by atoms with Crippen molar-refractivity contribution in [1.82, 2.24) is 20.2 Å². The first kappa shape index (κ1) is 15.1. The molecule has 4 rings (SSSR count). The number of hydrogen-bond acceptors (Lipinski definition) is 5. The van der Waals surface area contributed by atoms with Crippen LogP contribution in [0, 0.1) is 0 Å². The molecule has 0 saturated heterocycles. The number of hydrogen-bond donors (Lipinski definition) is 1. The summed E-state index contributed by atoms with van der Waals surface area (Å²) in [4.78, 5) is 7.77. The van der Waals surface area contributed by atoms with Gasteiger partial charge in [-0.15, -0.1) is 0 Å². The molecular formula is C19H16N4O2. The number of ether oxygens (including phenoxy) is 2. The molecule has 2 heterocycles. The number of nitrogens with zero attached hydrogens (tertiary/aromatic N) is 3. The number of rotatable bonds is 5. The number of fused-ring (bicyclic) bond motifs is 1. The Hall–Kier alpha value is -3.41. The summed E-state index contributed by atoms with van der Waals surface area (Å²) in [5.41, 5.74) is 3.56. The van der Waals surface area contributed by atoms with Crippen molar-refractivity contribution in [1.29, 1.82) is 0 Å². The predicted octanol–water partition coefficient (Wildman–Crippen LogP) is 3.61. The van der Waals surface area contributed by atoms with Gasteiger partial charge in [-0.05, 0) is 17.7 Å².